The molecule has 0 atom stereocenters. The van der Waals surface area contributed by atoms with Crippen LogP contribution in [0.4, 0.5) is 5.69 Å². The van der Waals surface area contributed by atoms with Crippen molar-refractivity contribution in [3.63, 3.8) is 0 Å². The number of carbonyl (C=O) groups excluding carboxylic acids is 1. The van der Waals surface area contributed by atoms with Crippen LogP contribution in [0, 0.1) is 0 Å². The van der Waals surface area contributed by atoms with E-state index in [9.17, 15) is 9.59 Å². The number of aromatic amines is 1. The molecular formula is C19H14N4O3S. The molecule has 27 heavy (non-hydrogen) atoms. The maximum absolute atomic E-state index is 12.5. The van der Waals surface area contributed by atoms with Crippen molar-refractivity contribution in [2.75, 3.05) is 5.32 Å². The summed E-state index contributed by atoms with van der Waals surface area (Å²) in [6.07, 6.45) is 1.26. The summed E-state index contributed by atoms with van der Waals surface area (Å²) >= 11 is 0.944. The van der Waals surface area contributed by atoms with E-state index in [0.717, 1.165) is 17.1 Å². The lowest BCUT2D eigenvalue weighted by molar-refractivity contribution is 0.103. The number of amides is 1. The molecule has 0 aliphatic carbocycles. The monoisotopic (exact) mass is 378 g/mol. The van der Waals surface area contributed by atoms with Crippen molar-refractivity contribution < 1.29 is 9.53 Å². The van der Waals surface area contributed by atoms with Gasteiger partial charge in [0.05, 0.1) is 6.33 Å². The molecule has 134 valence electrons. The fourth-order valence-corrected chi connectivity index (χ4v) is 3.21. The van der Waals surface area contributed by atoms with Crippen LogP contribution in [0.3, 0.4) is 0 Å². The van der Waals surface area contributed by atoms with E-state index >= 15 is 0 Å². The predicted molar refractivity (Wildman–Crippen MR) is 103 cm³/mol. The number of anilines is 1. The molecule has 2 heterocycles. The van der Waals surface area contributed by atoms with E-state index in [1.807, 2.05) is 30.3 Å². The molecular weight excluding hydrogens is 364 g/mol. The molecule has 2 aromatic carbocycles. The molecule has 0 aliphatic heterocycles. The summed E-state index contributed by atoms with van der Waals surface area (Å²) in [6.45, 7) is 0.472. The minimum Gasteiger partial charge on any atom is -0.489 e. The van der Waals surface area contributed by atoms with Gasteiger partial charge >= 0.3 is 0 Å². The van der Waals surface area contributed by atoms with Crippen molar-refractivity contribution in [2.45, 2.75) is 6.61 Å². The number of hydrogen-bond donors (Lipinski definition) is 2. The molecule has 0 radical (unpaired) electrons. The van der Waals surface area contributed by atoms with Gasteiger partial charge in [0.15, 0.2) is 5.52 Å². The highest BCUT2D eigenvalue weighted by Crippen LogP contribution is 2.21. The Labute approximate surface area is 157 Å². The first-order valence-corrected chi connectivity index (χ1v) is 8.89. The number of benzene rings is 2. The zero-order chi connectivity index (χ0) is 18.6. The zero-order valence-corrected chi connectivity index (χ0v) is 14.8. The van der Waals surface area contributed by atoms with Crippen LogP contribution >= 0.6 is 11.5 Å². The molecule has 1 amide bonds. The van der Waals surface area contributed by atoms with Crippen molar-refractivity contribution in [1.82, 2.24) is 14.3 Å². The van der Waals surface area contributed by atoms with Crippen LogP contribution < -0.4 is 15.6 Å². The predicted octanol–water partition coefficient (Wildman–Crippen LogP) is 3.21. The molecule has 4 rings (SSSR count). The van der Waals surface area contributed by atoms with Crippen LogP contribution in [-0.4, -0.2) is 20.2 Å². The normalized spacial score (nSPS) is 10.7. The van der Waals surface area contributed by atoms with Crippen LogP contribution in [0.5, 0.6) is 5.75 Å². The summed E-state index contributed by atoms with van der Waals surface area (Å²) in [5.41, 5.74) is 1.78. The first-order chi connectivity index (χ1) is 13.2. The Bertz CT molecular complexity index is 1140. The topological polar surface area (TPSA) is 97.0 Å². The quantitative estimate of drug-likeness (QED) is 0.556. The molecule has 8 heteroatoms. The van der Waals surface area contributed by atoms with Gasteiger partial charge in [-0.15, -0.1) is 0 Å². The lowest BCUT2D eigenvalue weighted by Gasteiger charge is -2.08. The van der Waals surface area contributed by atoms with Gasteiger partial charge in [-0.3, -0.25) is 9.59 Å². The van der Waals surface area contributed by atoms with Crippen LogP contribution in [0.25, 0.3) is 11.0 Å². The Morgan fingerprint density at radius 2 is 1.85 bits per heavy atom. The number of fused-ring (bicyclic) bond motifs is 1. The van der Waals surface area contributed by atoms with Crippen LogP contribution in [0.15, 0.2) is 65.7 Å². The first kappa shape index (κ1) is 16.9. The summed E-state index contributed by atoms with van der Waals surface area (Å²) in [5, 5.41) is 2.78. The van der Waals surface area contributed by atoms with E-state index in [2.05, 4.69) is 19.7 Å². The third-order valence-corrected chi connectivity index (χ3v) is 4.67. The van der Waals surface area contributed by atoms with Crippen molar-refractivity contribution in [3.8, 4) is 5.75 Å². The van der Waals surface area contributed by atoms with Crippen molar-refractivity contribution in [1.29, 1.82) is 0 Å². The van der Waals surface area contributed by atoms with E-state index in [-0.39, 0.29) is 17.0 Å². The third-order valence-electron chi connectivity index (χ3n) is 3.84. The smallest absolute Gasteiger partial charge is 0.278 e. The Morgan fingerprint density at radius 3 is 2.63 bits per heavy atom. The maximum atomic E-state index is 12.5. The third kappa shape index (κ3) is 3.70. The maximum Gasteiger partial charge on any atom is 0.278 e. The summed E-state index contributed by atoms with van der Waals surface area (Å²) in [6, 6.07) is 16.9. The number of nitrogens with one attached hydrogen (secondary N) is 2. The molecule has 2 aromatic heterocycles. The van der Waals surface area contributed by atoms with E-state index in [1.165, 1.54) is 6.33 Å². The van der Waals surface area contributed by atoms with Gasteiger partial charge in [0, 0.05) is 5.69 Å². The highest BCUT2D eigenvalue weighted by molar-refractivity contribution is 7.09. The molecule has 2 N–H and O–H groups in total. The molecule has 4 aromatic rings. The number of rotatable bonds is 5. The second-order valence-electron chi connectivity index (χ2n) is 5.69. The minimum atomic E-state index is -0.366. The zero-order valence-electron chi connectivity index (χ0n) is 14.0. The number of aromatic nitrogens is 3. The standard InChI is InChI=1S/C19H14N4O3S/c24-18-16-15(20-11-21-18)17(27-23-16)19(25)22-13-6-8-14(9-7-13)26-10-12-4-2-1-3-5-12/h1-9,11H,10H2,(H,22,25)(H,20,21,24). The Hall–Kier alpha value is -3.52. The fraction of sp³-hybridized carbons (Fsp3) is 0.0526. The molecule has 0 unspecified atom stereocenters. The number of nitrogens with zero attached hydrogens (tertiary/aromatic N) is 2. The van der Waals surface area contributed by atoms with Crippen molar-refractivity contribution in [2.24, 2.45) is 0 Å². The van der Waals surface area contributed by atoms with Crippen LogP contribution in [0.2, 0.25) is 0 Å². The van der Waals surface area contributed by atoms with Gasteiger partial charge in [0.25, 0.3) is 11.5 Å². The lowest BCUT2D eigenvalue weighted by atomic mass is 10.2. The summed E-state index contributed by atoms with van der Waals surface area (Å²) in [4.78, 5) is 30.9. The molecule has 0 fully saturated rings. The van der Waals surface area contributed by atoms with Gasteiger partial charge in [0.2, 0.25) is 0 Å². The van der Waals surface area contributed by atoms with Crippen LogP contribution in [-0.2, 0) is 6.61 Å². The molecule has 0 spiro atoms. The number of hydrogen-bond acceptors (Lipinski definition) is 6. The van der Waals surface area contributed by atoms with Gasteiger partial charge in [-0.1, -0.05) is 30.3 Å². The average molecular weight is 378 g/mol. The second kappa shape index (κ2) is 7.38. The first-order valence-electron chi connectivity index (χ1n) is 8.12. The Kier molecular flexibility index (Phi) is 4.63. The van der Waals surface area contributed by atoms with Gasteiger partial charge in [-0.25, -0.2) is 4.98 Å². The Balaban J connectivity index is 1.44. The average Bonchev–Trinajstić information content (AvgIpc) is 3.14. The van der Waals surface area contributed by atoms with Gasteiger partial charge < -0.3 is 15.0 Å². The largest absolute Gasteiger partial charge is 0.489 e. The highest BCUT2D eigenvalue weighted by atomic mass is 32.1. The van der Waals surface area contributed by atoms with Crippen molar-refractivity contribution in [3.05, 3.63) is 81.7 Å². The summed E-state index contributed by atoms with van der Waals surface area (Å²) in [7, 11) is 0. The second-order valence-corrected chi connectivity index (χ2v) is 6.47. The Morgan fingerprint density at radius 1 is 1.07 bits per heavy atom. The van der Waals surface area contributed by atoms with Crippen molar-refractivity contribution >= 4 is 34.2 Å². The van der Waals surface area contributed by atoms with E-state index in [4.69, 9.17) is 4.74 Å². The summed E-state index contributed by atoms with van der Waals surface area (Å²) in [5.74, 6) is 0.340. The van der Waals surface area contributed by atoms with E-state index in [0.29, 0.717) is 28.4 Å². The molecule has 0 saturated carbocycles. The minimum absolute atomic E-state index is 0.164. The molecule has 0 aliphatic rings. The molecule has 0 saturated heterocycles. The van der Waals surface area contributed by atoms with Crippen LogP contribution in [0.1, 0.15) is 15.2 Å². The molecule has 0 bridgehead atoms. The number of carbonyl (C=O) groups is 1. The number of H-pyrrole nitrogens is 1. The SMILES string of the molecule is O=C(Nc1ccc(OCc2ccccc2)cc1)c1snc2c(=O)[nH]cnc12. The lowest BCUT2D eigenvalue weighted by Crippen LogP contribution is -2.12. The van der Waals surface area contributed by atoms with E-state index in [1.54, 1.807) is 24.3 Å². The fourth-order valence-electron chi connectivity index (χ4n) is 2.49. The molecule has 7 nitrogen and oxygen atoms in total. The van der Waals surface area contributed by atoms with Gasteiger partial charge in [-0.2, -0.15) is 4.37 Å². The summed E-state index contributed by atoms with van der Waals surface area (Å²) < 4.78 is 9.73. The van der Waals surface area contributed by atoms with Gasteiger partial charge in [-0.05, 0) is 41.4 Å². The highest BCUT2D eigenvalue weighted by Gasteiger charge is 2.17. The van der Waals surface area contributed by atoms with E-state index < -0.39 is 0 Å². The number of ether oxygens (including phenoxy) is 1. The van der Waals surface area contributed by atoms with Gasteiger partial charge in [0.1, 0.15) is 22.8 Å².